The van der Waals surface area contributed by atoms with E-state index in [1.54, 1.807) is 9.08 Å². The van der Waals surface area contributed by atoms with E-state index in [1.807, 2.05) is 42.6 Å². The molecule has 1 aliphatic heterocycles. The molecule has 142 valence electrons. The van der Waals surface area contributed by atoms with Gasteiger partial charge < -0.3 is 9.30 Å². The summed E-state index contributed by atoms with van der Waals surface area (Å²) < 4.78 is 9.08. The molecule has 28 heavy (non-hydrogen) atoms. The van der Waals surface area contributed by atoms with Gasteiger partial charge in [-0.2, -0.15) is 5.10 Å². The van der Waals surface area contributed by atoms with Crippen molar-refractivity contribution < 1.29 is 4.74 Å². The van der Waals surface area contributed by atoms with Gasteiger partial charge in [0, 0.05) is 12.8 Å². The van der Waals surface area contributed by atoms with Crippen LogP contribution < -0.4 is 5.56 Å². The Balaban J connectivity index is 1.69. The fourth-order valence-corrected chi connectivity index (χ4v) is 3.93. The monoisotopic (exact) mass is 375 g/mol. The van der Waals surface area contributed by atoms with Gasteiger partial charge in [0.05, 0.1) is 23.9 Å². The molecule has 0 aliphatic carbocycles. The van der Waals surface area contributed by atoms with Gasteiger partial charge in [0.15, 0.2) is 11.2 Å². The standard InChI is InChI=1S/C21H21N5O2/c1-2-16-18(14-7-4-3-5-8-14)20-23-22-19-17(26(20)24-16)10-11-25(21(19)27)13-15-9-6-12-28-15/h3-5,7-8,10-11,15H,2,6,9,12-13H2,1H3/t15-/m0/s1. The zero-order valence-electron chi connectivity index (χ0n) is 15.7. The van der Waals surface area contributed by atoms with Gasteiger partial charge in [0.2, 0.25) is 0 Å². The van der Waals surface area contributed by atoms with E-state index in [1.165, 1.54) is 0 Å². The second-order valence-corrected chi connectivity index (χ2v) is 7.12. The van der Waals surface area contributed by atoms with E-state index >= 15 is 0 Å². The van der Waals surface area contributed by atoms with Crippen LogP contribution in [0.3, 0.4) is 0 Å². The second kappa shape index (κ2) is 6.83. The molecule has 0 saturated carbocycles. The summed E-state index contributed by atoms with van der Waals surface area (Å²) in [5.41, 5.74) is 4.49. The van der Waals surface area contributed by atoms with Crippen LogP contribution in [0, 0.1) is 0 Å². The van der Waals surface area contributed by atoms with E-state index in [4.69, 9.17) is 9.84 Å². The molecule has 5 rings (SSSR count). The molecule has 0 bridgehead atoms. The highest BCUT2D eigenvalue weighted by Crippen LogP contribution is 2.28. The summed E-state index contributed by atoms with van der Waals surface area (Å²) in [5.74, 6) is 0. The van der Waals surface area contributed by atoms with Gasteiger partial charge in [-0.1, -0.05) is 37.3 Å². The van der Waals surface area contributed by atoms with Crippen molar-refractivity contribution in [1.82, 2.24) is 24.4 Å². The first-order chi connectivity index (χ1) is 13.8. The van der Waals surface area contributed by atoms with Crippen molar-refractivity contribution in [1.29, 1.82) is 0 Å². The lowest BCUT2D eigenvalue weighted by Gasteiger charge is -2.12. The molecule has 1 fully saturated rings. The van der Waals surface area contributed by atoms with Crippen LogP contribution in [0.4, 0.5) is 0 Å². The van der Waals surface area contributed by atoms with Crippen LogP contribution in [-0.2, 0) is 17.7 Å². The summed E-state index contributed by atoms with van der Waals surface area (Å²) in [5, 5.41) is 13.4. The number of benzene rings is 1. The Morgan fingerprint density at radius 2 is 2.04 bits per heavy atom. The molecule has 0 radical (unpaired) electrons. The summed E-state index contributed by atoms with van der Waals surface area (Å²) in [6, 6.07) is 12.0. The lowest BCUT2D eigenvalue weighted by molar-refractivity contribution is 0.0963. The predicted molar refractivity (Wildman–Crippen MR) is 106 cm³/mol. The molecule has 1 atom stereocenters. The van der Waals surface area contributed by atoms with Crippen LogP contribution in [-0.4, -0.2) is 37.1 Å². The fourth-order valence-electron chi connectivity index (χ4n) is 3.93. The first kappa shape index (κ1) is 17.1. The topological polar surface area (TPSA) is 74.3 Å². The molecular formula is C21H21N5O2. The molecule has 1 saturated heterocycles. The van der Waals surface area contributed by atoms with Crippen molar-refractivity contribution in [2.24, 2.45) is 0 Å². The third kappa shape index (κ3) is 2.70. The molecule has 0 amide bonds. The molecule has 4 heterocycles. The maximum Gasteiger partial charge on any atom is 0.280 e. The summed E-state index contributed by atoms with van der Waals surface area (Å²) in [4.78, 5) is 13.0. The number of hydrogen-bond donors (Lipinski definition) is 0. The fraction of sp³-hybridized carbons (Fsp3) is 0.333. The highest BCUT2D eigenvalue weighted by atomic mass is 16.5. The number of aromatic nitrogens is 5. The van der Waals surface area contributed by atoms with E-state index in [2.05, 4.69) is 17.1 Å². The summed E-state index contributed by atoms with van der Waals surface area (Å²) >= 11 is 0. The van der Waals surface area contributed by atoms with Gasteiger partial charge in [-0.05, 0) is 30.9 Å². The number of pyridine rings is 1. The Morgan fingerprint density at radius 3 is 2.79 bits per heavy atom. The Hall–Kier alpha value is -3.06. The van der Waals surface area contributed by atoms with Crippen molar-refractivity contribution in [2.45, 2.75) is 38.8 Å². The van der Waals surface area contributed by atoms with Gasteiger partial charge in [0.1, 0.15) is 5.52 Å². The number of hydrogen-bond acceptors (Lipinski definition) is 5. The molecular weight excluding hydrogens is 354 g/mol. The lowest BCUT2D eigenvalue weighted by Crippen LogP contribution is -2.27. The SMILES string of the molecule is CCc1nn2c(nnc3c(=O)n(C[C@@H]4CCCO4)ccc32)c1-c1ccccc1. The van der Waals surface area contributed by atoms with E-state index in [0.717, 1.165) is 42.7 Å². The van der Waals surface area contributed by atoms with Crippen LogP contribution >= 0.6 is 0 Å². The minimum Gasteiger partial charge on any atom is -0.376 e. The smallest absolute Gasteiger partial charge is 0.280 e. The first-order valence-corrected chi connectivity index (χ1v) is 9.70. The number of ether oxygens (including phenoxy) is 1. The van der Waals surface area contributed by atoms with Crippen LogP contribution in [0.2, 0.25) is 0 Å². The molecule has 0 spiro atoms. The van der Waals surface area contributed by atoms with E-state index in [-0.39, 0.29) is 11.7 Å². The molecule has 7 nitrogen and oxygen atoms in total. The number of aryl methyl sites for hydroxylation is 1. The summed E-state index contributed by atoms with van der Waals surface area (Å²) in [6.45, 7) is 3.38. The molecule has 0 unspecified atom stereocenters. The maximum atomic E-state index is 13.0. The van der Waals surface area contributed by atoms with Crippen molar-refractivity contribution in [3.05, 3.63) is 58.6 Å². The number of rotatable bonds is 4. The van der Waals surface area contributed by atoms with Crippen molar-refractivity contribution in [3.63, 3.8) is 0 Å². The van der Waals surface area contributed by atoms with Crippen LogP contribution in [0.15, 0.2) is 47.4 Å². The largest absolute Gasteiger partial charge is 0.376 e. The average Bonchev–Trinajstić information content (AvgIpc) is 3.38. The quantitative estimate of drug-likeness (QED) is 0.548. The Kier molecular flexibility index (Phi) is 4.16. The highest BCUT2D eigenvalue weighted by Gasteiger charge is 2.20. The molecule has 0 N–H and O–H groups in total. The van der Waals surface area contributed by atoms with Crippen LogP contribution in [0.25, 0.3) is 27.8 Å². The Morgan fingerprint density at radius 1 is 1.18 bits per heavy atom. The Labute approximate surface area is 161 Å². The molecule has 4 aromatic rings. The normalized spacial score (nSPS) is 17.0. The first-order valence-electron chi connectivity index (χ1n) is 9.70. The van der Waals surface area contributed by atoms with Crippen molar-refractivity contribution >= 4 is 16.7 Å². The lowest BCUT2D eigenvalue weighted by atomic mass is 10.0. The maximum absolute atomic E-state index is 13.0. The third-order valence-electron chi connectivity index (χ3n) is 5.35. The molecule has 7 heteroatoms. The molecule has 1 aromatic carbocycles. The second-order valence-electron chi connectivity index (χ2n) is 7.12. The van der Waals surface area contributed by atoms with Crippen LogP contribution in [0.5, 0.6) is 0 Å². The van der Waals surface area contributed by atoms with Crippen molar-refractivity contribution in [2.75, 3.05) is 6.61 Å². The number of fused-ring (bicyclic) bond motifs is 3. The minimum atomic E-state index is -0.155. The van der Waals surface area contributed by atoms with Gasteiger partial charge in [-0.3, -0.25) is 4.79 Å². The van der Waals surface area contributed by atoms with Gasteiger partial charge in [-0.25, -0.2) is 4.52 Å². The molecule has 3 aromatic heterocycles. The van der Waals surface area contributed by atoms with E-state index in [9.17, 15) is 4.79 Å². The predicted octanol–water partition coefficient (Wildman–Crippen LogP) is 2.85. The van der Waals surface area contributed by atoms with E-state index < -0.39 is 0 Å². The zero-order chi connectivity index (χ0) is 19.1. The van der Waals surface area contributed by atoms with E-state index in [0.29, 0.717) is 23.2 Å². The zero-order valence-corrected chi connectivity index (χ0v) is 15.7. The summed E-state index contributed by atoms with van der Waals surface area (Å²) in [6.07, 6.45) is 4.69. The highest BCUT2D eigenvalue weighted by molar-refractivity contribution is 5.84. The van der Waals surface area contributed by atoms with Gasteiger partial charge in [0.25, 0.3) is 5.56 Å². The van der Waals surface area contributed by atoms with Crippen LogP contribution in [0.1, 0.15) is 25.5 Å². The number of nitrogens with zero attached hydrogens (tertiary/aromatic N) is 5. The van der Waals surface area contributed by atoms with Gasteiger partial charge >= 0.3 is 0 Å². The Bertz CT molecular complexity index is 1210. The average molecular weight is 375 g/mol. The minimum absolute atomic E-state index is 0.0907. The summed E-state index contributed by atoms with van der Waals surface area (Å²) in [7, 11) is 0. The van der Waals surface area contributed by atoms with Gasteiger partial charge in [-0.15, -0.1) is 10.2 Å². The van der Waals surface area contributed by atoms with Crippen molar-refractivity contribution in [3.8, 4) is 11.1 Å². The molecule has 1 aliphatic rings. The third-order valence-corrected chi connectivity index (χ3v) is 5.35.